The molecule has 0 radical (unpaired) electrons. The SMILES string of the molecule is CC(C)CNC(=O)c1cccc(S(=O)(=O)NCCc2c[nH]c3ccccc23)c1. The largest absolute Gasteiger partial charge is 0.361 e. The van der Waals surface area contributed by atoms with Gasteiger partial charge in [0.05, 0.1) is 4.90 Å². The average molecular weight is 400 g/mol. The van der Waals surface area contributed by atoms with Gasteiger partial charge in [0.25, 0.3) is 5.91 Å². The summed E-state index contributed by atoms with van der Waals surface area (Å²) in [6.45, 7) is 4.81. The Morgan fingerprint density at radius 1 is 1.11 bits per heavy atom. The fraction of sp³-hybridized carbons (Fsp3) is 0.286. The summed E-state index contributed by atoms with van der Waals surface area (Å²) in [6.07, 6.45) is 2.47. The predicted octanol–water partition coefficient (Wildman–Crippen LogP) is 3.07. The van der Waals surface area contributed by atoms with Gasteiger partial charge in [0.2, 0.25) is 10.0 Å². The van der Waals surface area contributed by atoms with Gasteiger partial charge in [-0.3, -0.25) is 4.79 Å². The highest BCUT2D eigenvalue weighted by atomic mass is 32.2. The van der Waals surface area contributed by atoms with E-state index in [1.807, 2.05) is 44.3 Å². The van der Waals surface area contributed by atoms with Crippen LogP contribution in [0.1, 0.15) is 29.8 Å². The molecule has 28 heavy (non-hydrogen) atoms. The zero-order valence-corrected chi connectivity index (χ0v) is 16.8. The Hall–Kier alpha value is -2.64. The Morgan fingerprint density at radius 3 is 2.68 bits per heavy atom. The summed E-state index contributed by atoms with van der Waals surface area (Å²) in [5.41, 5.74) is 2.42. The van der Waals surface area contributed by atoms with E-state index >= 15 is 0 Å². The maximum absolute atomic E-state index is 12.6. The highest BCUT2D eigenvalue weighted by molar-refractivity contribution is 7.89. The van der Waals surface area contributed by atoms with Crippen molar-refractivity contribution in [3.8, 4) is 0 Å². The smallest absolute Gasteiger partial charge is 0.251 e. The van der Waals surface area contributed by atoms with Gasteiger partial charge in [-0.1, -0.05) is 38.1 Å². The van der Waals surface area contributed by atoms with Crippen LogP contribution in [-0.2, 0) is 16.4 Å². The molecule has 0 aliphatic carbocycles. The van der Waals surface area contributed by atoms with Crippen molar-refractivity contribution >= 4 is 26.8 Å². The van der Waals surface area contributed by atoms with Crippen LogP contribution >= 0.6 is 0 Å². The Morgan fingerprint density at radius 2 is 1.89 bits per heavy atom. The third-order valence-electron chi connectivity index (χ3n) is 4.44. The van der Waals surface area contributed by atoms with Crippen molar-refractivity contribution in [2.45, 2.75) is 25.2 Å². The van der Waals surface area contributed by atoms with Gasteiger partial charge in [-0.25, -0.2) is 13.1 Å². The number of para-hydroxylation sites is 1. The van der Waals surface area contributed by atoms with E-state index in [1.54, 1.807) is 12.1 Å². The number of amides is 1. The van der Waals surface area contributed by atoms with Crippen molar-refractivity contribution in [3.05, 3.63) is 65.9 Å². The molecule has 6 nitrogen and oxygen atoms in total. The van der Waals surface area contributed by atoms with Gasteiger partial charge in [0.1, 0.15) is 0 Å². The minimum Gasteiger partial charge on any atom is -0.361 e. The van der Waals surface area contributed by atoms with Gasteiger partial charge in [-0.05, 0) is 42.2 Å². The molecular weight excluding hydrogens is 374 g/mol. The van der Waals surface area contributed by atoms with E-state index in [9.17, 15) is 13.2 Å². The molecule has 3 rings (SSSR count). The van der Waals surface area contributed by atoms with E-state index < -0.39 is 10.0 Å². The molecule has 0 atom stereocenters. The maximum atomic E-state index is 12.6. The number of hydrogen-bond acceptors (Lipinski definition) is 3. The first-order valence-electron chi connectivity index (χ1n) is 9.30. The van der Waals surface area contributed by atoms with E-state index in [1.165, 1.54) is 12.1 Å². The summed E-state index contributed by atoms with van der Waals surface area (Å²) in [6, 6.07) is 14.0. The summed E-state index contributed by atoms with van der Waals surface area (Å²) >= 11 is 0. The number of aromatic nitrogens is 1. The summed E-state index contributed by atoms with van der Waals surface area (Å²) in [4.78, 5) is 15.5. The molecule has 3 N–H and O–H groups in total. The lowest BCUT2D eigenvalue weighted by molar-refractivity contribution is 0.0949. The highest BCUT2D eigenvalue weighted by Crippen LogP contribution is 2.18. The molecule has 0 aliphatic heterocycles. The van der Waals surface area contributed by atoms with E-state index in [4.69, 9.17) is 0 Å². The average Bonchev–Trinajstić information content (AvgIpc) is 3.09. The van der Waals surface area contributed by atoms with Crippen molar-refractivity contribution in [1.82, 2.24) is 15.0 Å². The molecule has 0 spiro atoms. The molecule has 1 heterocycles. The molecule has 148 valence electrons. The van der Waals surface area contributed by atoms with Crippen LogP contribution in [0.25, 0.3) is 10.9 Å². The zero-order chi connectivity index (χ0) is 20.1. The third kappa shape index (κ3) is 4.79. The second kappa shape index (κ2) is 8.58. The Labute approximate surface area is 165 Å². The summed E-state index contributed by atoms with van der Waals surface area (Å²) in [5.74, 6) is 0.0478. The van der Waals surface area contributed by atoms with E-state index in [0.717, 1.165) is 16.5 Å². The number of H-pyrrole nitrogens is 1. The minimum absolute atomic E-state index is 0.0867. The van der Waals surface area contributed by atoms with Crippen LogP contribution in [0, 0.1) is 5.92 Å². The molecule has 0 saturated carbocycles. The molecular formula is C21H25N3O3S. The molecule has 0 bridgehead atoms. The predicted molar refractivity (Wildman–Crippen MR) is 111 cm³/mol. The molecule has 0 fully saturated rings. The molecule has 1 amide bonds. The van der Waals surface area contributed by atoms with Crippen LogP contribution in [0.2, 0.25) is 0 Å². The minimum atomic E-state index is -3.69. The molecule has 2 aromatic carbocycles. The third-order valence-corrected chi connectivity index (χ3v) is 5.90. The van der Waals surface area contributed by atoms with Gasteiger partial charge in [0.15, 0.2) is 0 Å². The maximum Gasteiger partial charge on any atom is 0.251 e. The zero-order valence-electron chi connectivity index (χ0n) is 16.0. The van der Waals surface area contributed by atoms with E-state index in [0.29, 0.717) is 24.4 Å². The Balaban J connectivity index is 1.66. The first-order chi connectivity index (χ1) is 13.4. The van der Waals surface area contributed by atoms with Gasteiger partial charge >= 0.3 is 0 Å². The number of aromatic amines is 1. The second-order valence-corrected chi connectivity index (χ2v) is 8.91. The van der Waals surface area contributed by atoms with Gasteiger partial charge in [-0.2, -0.15) is 0 Å². The summed E-state index contributed by atoms with van der Waals surface area (Å²) < 4.78 is 27.9. The number of hydrogen-bond donors (Lipinski definition) is 3. The molecule has 3 aromatic rings. The van der Waals surface area contributed by atoms with Crippen LogP contribution in [0.15, 0.2) is 59.6 Å². The number of carbonyl (C=O) groups is 1. The van der Waals surface area contributed by atoms with Gasteiger partial charge in [0, 0.05) is 35.8 Å². The first-order valence-corrected chi connectivity index (χ1v) is 10.8. The molecule has 0 saturated heterocycles. The van der Waals surface area contributed by atoms with Crippen molar-refractivity contribution in [1.29, 1.82) is 0 Å². The monoisotopic (exact) mass is 399 g/mol. The second-order valence-electron chi connectivity index (χ2n) is 7.14. The lowest BCUT2D eigenvalue weighted by Crippen LogP contribution is -2.28. The molecule has 0 aliphatic rings. The topological polar surface area (TPSA) is 91.1 Å². The van der Waals surface area contributed by atoms with Crippen LogP contribution < -0.4 is 10.0 Å². The van der Waals surface area contributed by atoms with Crippen LogP contribution in [0.3, 0.4) is 0 Å². The summed E-state index contributed by atoms with van der Waals surface area (Å²) in [7, 11) is -3.69. The molecule has 7 heteroatoms. The highest BCUT2D eigenvalue weighted by Gasteiger charge is 2.16. The van der Waals surface area contributed by atoms with Crippen molar-refractivity contribution < 1.29 is 13.2 Å². The van der Waals surface area contributed by atoms with Gasteiger partial charge in [-0.15, -0.1) is 0 Å². The van der Waals surface area contributed by atoms with Crippen LogP contribution in [-0.4, -0.2) is 32.4 Å². The van der Waals surface area contributed by atoms with Crippen molar-refractivity contribution in [2.75, 3.05) is 13.1 Å². The van der Waals surface area contributed by atoms with Crippen LogP contribution in [0.4, 0.5) is 0 Å². The standard InChI is InChI=1S/C21H25N3O3S/c1-15(2)13-23-21(25)16-6-5-7-18(12-16)28(26,27)24-11-10-17-14-22-20-9-4-3-8-19(17)20/h3-9,12,14-15,22,24H,10-11,13H2,1-2H3,(H,23,25). The number of fused-ring (bicyclic) bond motifs is 1. The van der Waals surface area contributed by atoms with E-state index in [-0.39, 0.29) is 17.3 Å². The van der Waals surface area contributed by atoms with Crippen molar-refractivity contribution in [3.63, 3.8) is 0 Å². The number of benzene rings is 2. The normalized spacial score (nSPS) is 11.8. The number of sulfonamides is 1. The van der Waals surface area contributed by atoms with E-state index in [2.05, 4.69) is 15.0 Å². The lowest BCUT2D eigenvalue weighted by Gasteiger charge is -2.10. The fourth-order valence-electron chi connectivity index (χ4n) is 2.95. The van der Waals surface area contributed by atoms with Gasteiger partial charge < -0.3 is 10.3 Å². The fourth-order valence-corrected chi connectivity index (χ4v) is 4.02. The number of nitrogens with one attached hydrogen (secondary N) is 3. The number of carbonyl (C=O) groups excluding carboxylic acids is 1. The first kappa shape index (κ1) is 20.1. The van der Waals surface area contributed by atoms with Crippen LogP contribution in [0.5, 0.6) is 0 Å². The lowest BCUT2D eigenvalue weighted by atomic mass is 10.1. The Bertz CT molecular complexity index is 1070. The van der Waals surface area contributed by atoms with Crippen molar-refractivity contribution in [2.24, 2.45) is 5.92 Å². The Kier molecular flexibility index (Phi) is 6.16. The molecule has 0 unspecified atom stereocenters. The molecule has 1 aromatic heterocycles. The summed E-state index contributed by atoms with van der Waals surface area (Å²) in [5, 5.41) is 3.89. The quantitative estimate of drug-likeness (QED) is 0.544. The number of rotatable bonds is 8.